The molecule has 1 aromatic carbocycles. The first-order valence-corrected chi connectivity index (χ1v) is 5.34. The smallest absolute Gasteiger partial charge is 0.335 e. The summed E-state index contributed by atoms with van der Waals surface area (Å²) < 4.78 is 0. The fourth-order valence-corrected chi connectivity index (χ4v) is 1.45. The number of carbonyl (C=O) groups is 1. The van der Waals surface area contributed by atoms with Crippen molar-refractivity contribution in [2.45, 2.75) is 20.3 Å². The monoisotopic (exact) mass is 219 g/mol. The van der Waals surface area contributed by atoms with Gasteiger partial charge in [-0.05, 0) is 44.0 Å². The quantitative estimate of drug-likeness (QED) is 0.591. The van der Waals surface area contributed by atoms with Gasteiger partial charge in [0.05, 0.1) is 5.56 Å². The third-order valence-electron chi connectivity index (χ3n) is 2.34. The van der Waals surface area contributed by atoms with Gasteiger partial charge in [-0.3, -0.25) is 0 Å². The molecule has 0 saturated carbocycles. The van der Waals surface area contributed by atoms with Gasteiger partial charge in [-0.25, -0.2) is 4.79 Å². The van der Waals surface area contributed by atoms with Crippen LogP contribution >= 0.6 is 0 Å². The van der Waals surface area contributed by atoms with Gasteiger partial charge >= 0.3 is 5.97 Å². The van der Waals surface area contributed by atoms with Crippen LogP contribution in [0.1, 0.15) is 29.3 Å². The van der Waals surface area contributed by atoms with Gasteiger partial charge in [0.2, 0.25) is 0 Å². The minimum absolute atomic E-state index is 0.330. The molecule has 0 bridgehead atoms. The zero-order valence-electron chi connectivity index (χ0n) is 9.66. The van der Waals surface area contributed by atoms with Crippen LogP contribution in [0.4, 0.5) is 5.69 Å². The standard InChI is InChI=1S/C13H17NO2/c1-3-4-5-8-14-12-7-6-11(13(15)16)9-10(12)2/h3-4,6-7,9,14H,5,8H2,1-2H3,(H,15,16)/b4-3+. The molecule has 0 aromatic heterocycles. The second kappa shape index (κ2) is 5.95. The summed E-state index contributed by atoms with van der Waals surface area (Å²) in [6.45, 7) is 4.76. The first-order valence-electron chi connectivity index (χ1n) is 5.34. The van der Waals surface area contributed by atoms with E-state index in [0.29, 0.717) is 5.56 Å². The zero-order chi connectivity index (χ0) is 12.0. The summed E-state index contributed by atoms with van der Waals surface area (Å²) in [5, 5.41) is 12.1. The molecule has 0 aliphatic rings. The van der Waals surface area contributed by atoms with E-state index < -0.39 is 5.97 Å². The van der Waals surface area contributed by atoms with E-state index in [1.165, 1.54) is 0 Å². The Morgan fingerprint density at radius 3 is 2.81 bits per heavy atom. The van der Waals surface area contributed by atoms with Crippen molar-refractivity contribution >= 4 is 11.7 Å². The van der Waals surface area contributed by atoms with Gasteiger partial charge in [0.1, 0.15) is 0 Å². The molecule has 86 valence electrons. The van der Waals surface area contributed by atoms with Crippen LogP contribution in [0.3, 0.4) is 0 Å². The van der Waals surface area contributed by atoms with E-state index in [1.807, 2.05) is 26.0 Å². The molecule has 3 heteroatoms. The lowest BCUT2D eigenvalue weighted by Crippen LogP contribution is -2.03. The summed E-state index contributed by atoms with van der Waals surface area (Å²) in [6.07, 6.45) is 5.08. The molecule has 0 aliphatic carbocycles. The molecule has 1 rings (SSSR count). The number of rotatable bonds is 5. The van der Waals surface area contributed by atoms with Crippen molar-refractivity contribution in [1.29, 1.82) is 0 Å². The molecule has 0 heterocycles. The average molecular weight is 219 g/mol. The van der Waals surface area contributed by atoms with Gasteiger partial charge in [-0.1, -0.05) is 12.2 Å². The van der Waals surface area contributed by atoms with Gasteiger partial charge in [0.25, 0.3) is 0 Å². The Bertz CT molecular complexity index is 397. The van der Waals surface area contributed by atoms with E-state index in [1.54, 1.807) is 12.1 Å². The molecule has 2 N–H and O–H groups in total. The van der Waals surface area contributed by atoms with Gasteiger partial charge in [0, 0.05) is 12.2 Å². The maximum Gasteiger partial charge on any atom is 0.335 e. The molecule has 0 atom stereocenters. The number of carboxylic acids is 1. The summed E-state index contributed by atoms with van der Waals surface area (Å²) in [4.78, 5) is 10.7. The Morgan fingerprint density at radius 1 is 1.50 bits per heavy atom. The molecule has 3 nitrogen and oxygen atoms in total. The lowest BCUT2D eigenvalue weighted by molar-refractivity contribution is 0.0697. The van der Waals surface area contributed by atoms with Crippen LogP contribution in [-0.2, 0) is 0 Å². The molecular weight excluding hydrogens is 202 g/mol. The summed E-state index contributed by atoms with van der Waals surface area (Å²) in [5.41, 5.74) is 2.28. The van der Waals surface area contributed by atoms with Crippen molar-refractivity contribution in [3.8, 4) is 0 Å². The van der Waals surface area contributed by atoms with Crippen LogP contribution in [0.25, 0.3) is 0 Å². The van der Waals surface area contributed by atoms with E-state index in [9.17, 15) is 4.79 Å². The molecule has 0 saturated heterocycles. The third kappa shape index (κ3) is 3.42. The third-order valence-corrected chi connectivity index (χ3v) is 2.34. The van der Waals surface area contributed by atoms with Crippen LogP contribution < -0.4 is 5.32 Å². The predicted octanol–water partition coefficient (Wildman–Crippen LogP) is 3.07. The predicted molar refractivity (Wildman–Crippen MR) is 66.1 cm³/mol. The number of aryl methyl sites for hydroxylation is 1. The van der Waals surface area contributed by atoms with E-state index in [2.05, 4.69) is 11.4 Å². The van der Waals surface area contributed by atoms with Crippen molar-refractivity contribution in [3.05, 3.63) is 41.5 Å². The highest BCUT2D eigenvalue weighted by Crippen LogP contribution is 2.16. The summed E-state index contributed by atoms with van der Waals surface area (Å²) in [5.74, 6) is -0.886. The second-order valence-corrected chi connectivity index (χ2v) is 3.62. The van der Waals surface area contributed by atoms with E-state index >= 15 is 0 Å². The number of nitrogens with one attached hydrogen (secondary N) is 1. The highest BCUT2D eigenvalue weighted by molar-refractivity contribution is 5.88. The first-order chi connectivity index (χ1) is 7.65. The maximum absolute atomic E-state index is 10.7. The van der Waals surface area contributed by atoms with Gasteiger partial charge in [0.15, 0.2) is 0 Å². The summed E-state index contributed by atoms with van der Waals surface area (Å²) in [6, 6.07) is 5.11. The van der Waals surface area contributed by atoms with Crippen LogP contribution in [0.2, 0.25) is 0 Å². The van der Waals surface area contributed by atoms with Crippen LogP contribution in [0, 0.1) is 6.92 Å². The topological polar surface area (TPSA) is 49.3 Å². The molecular formula is C13H17NO2. The molecule has 16 heavy (non-hydrogen) atoms. The molecule has 0 amide bonds. The van der Waals surface area contributed by atoms with E-state index in [-0.39, 0.29) is 0 Å². The molecule has 0 radical (unpaired) electrons. The molecule has 0 aliphatic heterocycles. The minimum Gasteiger partial charge on any atom is -0.478 e. The maximum atomic E-state index is 10.7. The van der Waals surface area contributed by atoms with Crippen molar-refractivity contribution in [3.63, 3.8) is 0 Å². The van der Waals surface area contributed by atoms with Crippen molar-refractivity contribution in [2.24, 2.45) is 0 Å². The van der Waals surface area contributed by atoms with E-state index in [0.717, 1.165) is 24.2 Å². The summed E-state index contributed by atoms with van der Waals surface area (Å²) in [7, 11) is 0. The van der Waals surface area contributed by atoms with Crippen LogP contribution in [0.15, 0.2) is 30.4 Å². The lowest BCUT2D eigenvalue weighted by Gasteiger charge is -2.08. The largest absolute Gasteiger partial charge is 0.478 e. The fraction of sp³-hybridized carbons (Fsp3) is 0.308. The Balaban J connectivity index is 2.64. The Labute approximate surface area is 95.8 Å². The van der Waals surface area contributed by atoms with Crippen molar-refractivity contribution in [2.75, 3.05) is 11.9 Å². The lowest BCUT2D eigenvalue weighted by atomic mass is 10.1. The number of hydrogen-bond donors (Lipinski definition) is 2. The molecule has 0 fully saturated rings. The molecule has 0 unspecified atom stereocenters. The van der Waals surface area contributed by atoms with Crippen LogP contribution in [-0.4, -0.2) is 17.6 Å². The molecule has 0 spiro atoms. The van der Waals surface area contributed by atoms with Crippen molar-refractivity contribution < 1.29 is 9.90 Å². The van der Waals surface area contributed by atoms with Gasteiger partial charge < -0.3 is 10.4 Å². The average Bonchev–Trinajstić information content (AvgIpc) is 2.26. The summed E-state index contributed by atoms with van der Waals surface area (Å²) >= 11 is 0. The second-order valence-electron chi connectivity index (χ2n) is 3.62. The number of allylic oxidation sites excluding steroid dienone is 1. The number of carboxylic acid groups (broad SMARTS) is 1. The normalized spacial score (nSPS) is 10.6. The zero-order valence-corrected chi connectivity index (χ0v) is 9.66. The number of hydrogen-bond acceptors (Lipinski definition) is 2. The number of aromatic carboxylic acids is 1. The Kier molecular flexibility index (Phi) is 4.58. The Hall–Kier alpha value is -1.77. The highest BCUT2D eigenvalue weighted by Gasteiger charge is 2.04. The number of anilines is 1. The van der Waals surface area contributed by atoms with Gasteiger partial charge in [-0.2, -0.15) is 0 Å². The Morgan fingerprint density at radius 2 is 2.25 bits per heavy atom. The number of benzene rings is 1. The van der Waals surface area contributed by atoms with E-state index in [4.69, 9.17) is 5.11 Å². The van der Waals surface area contributed by atoms with Gasteiger partial charge in [-0.15, -0.1) is 0 Å². The SMILES string of the molecule is C/C=C/CCNc1ccc(C(=O)O)cc1C. The molecule has 1 aromatic rings. The fourth-order valence-electron chi connectivity index (χ4n) is 1.45. The first kappa shape index (κ1) is 12.3. The highest BCUT2D eigenvalue weighted by atomic mass is 16.4. The van der Waals surface area contributed by atoms with Crippen molar-refractivity contribution in [1.82, 2.24) is 0 Å². The van der Waals surface area contributed by atoms with Crippen LogP contribution in [0.5, 0.6) is 0 Å². The minimum atomic E-state index is -0.886.